The van der Waals surface area contributed by atoms with Gasteiger partial charge in [0.25, 0.3) is 0 Å². The van der Waals surface area contributed by atoms with Gasteiger partial charge in [-0.15, -0.1) is 0 Å². The third kappa shape index (κ3) is 12.8. The molecule has 3 atom stereocenters. The molecule has 1 saturated heterocycles. The van der Waals surface area contributed by atoms with Gasteiger partial charge in [-0.3, -0.25) is 23.4 Å². The number of methoxy groups -OCH3 is 1. The van der Waals surface area contributed by atoms with Crippen LogP contribution in [0.25, 0.3) is 0 Å². The highest BCUT2D eigenvalue weighted by Crippen LogP contribution is 2.57. The Morgan fingerprint density at radius 1 is 1.05 bits per heavy atom. The molecule has 246 valence electrons. The van der Waals surface area contributed by atoms with Gasteiger partial charge in [0.1, 0.15) is 12.6 Å². The van der Waals surface area contributed by atoms with Gasteiger partial charge in [0, 0.05) is 24.3 Å². The van der Waals surface area contributed by atoms with Gasteiger partial charge in [0.2, 0.25) is 17.8 Å². The summed E-state index contributed by atoms with van der Waals surface area (Å²) in [7, 11) is -3.04. The summed E-state index contributed by atoms with van der Waals surface area (Å²) in [5, 5.41) is 7.19. The Morgan fingerprint density at radius 3 is 2.41 bits per heavy atom. The molecule has 2 unspecified atom stereocenters. The van der Waals surface area contributed by atoms with E-state index in [9.17, 15) is 28.5 Å². The molecule has 0 aliphatic carbocycles. The maximum absolute atomic E-state index is 12.9. The average Bonchev–Trinajstić information content (AvgIpc) is 2.98. The van der Waals surface area contributed by atoms with Crippen molar-refractivity contribution in [1.82, 2.24) is 16.0 Å². The zero-order valence-corrected chi connectivity index (χ0v) is 27.0. The molecule has 1 fully saturated rings. The SMILES string of the molecule is COC(=O)CCNC(=O)[C@@H]1OP(=O)(OCOC(=O)NCCSC(=O)C(NC(=O)OCc2ccccc2)C(C)C)OCC1(C)C. The fraction of sp³-hybridized carbons (Fsp3) is 0.593. The first-order valence-electron chi connectivity index (χ1n) is 13.7. The van der Waals surface area contributed by atoms with E-state index in [-0.39, 0.29) is 49.5 Å². The minimum absolute atomic E-state index is 0.0173. The van der Waals surface area contributed by atoms with Gasteiger partial charge in [-0.25, -0.2) is 18.7 Å². The maximum Gasteiger partial charge on any atom is 0.478 e. The lowest BCUT2D eigenvalue weighted by atomic mass is 9.87. The highest BCUT2D eigenvalue weighted by atomic mass is 32.2. The van der Waals surface area contributed by atoms with Crippen LogP contribution in [0.15, 0.2) is 30.3 Å². The predicted octanol–water partition coefficient (Wildman–Crippen LogP) is 3.13. The number of carbonyl (C=O) groups is 5. The number of ether oxygens (including phenoxy) is 3. The first kappa shape index (κ1) is 37.0. The molecule has 0 saturated carbocycles. The Balaban J connectivity index is 1.70. The van der Waals surface area contributed by atoms with Crippen molar-refractivity contribution < 1.29 is 56.3 Å². The van der Waals surface area contributed by atoms with E-state index in [1.807, 2.05) is 30.3 Å². The molecule has 3 N–H and O–H groups in total. The molecule has 2 rings (SSSR count). The lowest BCUT2D eigenvalue weighted by Crippen LogP contribution is -2.50. The molecule has 15 nitrogen and oxygen atoms in total. The van der Waals surface area contributed by atoms with Gasteiger partial charge in [-0.1, -0.05) is 69.8 Å². The molecule has 1 aromatic carbocycles. The van der Waals surface area contributed by atoms with Crippen LogP contribution >= 0.6 is 19.6 Å². The molecule has 17 heteroatoms. The Morgan fingerprint density at radius 2 is 1.75 bits per heavy atom. The van der Waals surface area contributed by atoms with E-state index in [2.05, 4.69) is 20.7 Å². The van der Waals surface area contributed by atoms with E-state index in [0.717, 1.165) is 17.3 Å². The second-order valence-corrected chi connectivity index (χ2v) is 13.2. The minimum Gasteiger partial charge on any atom is -0.469 e. The molecule has 0 bridgehead atoms. The number of amides is 3. The normalized spacial score (nSPS) is 19.7. The number of phosphoric ester groups is 1. The molecular formula is C27H40N3O12PS. The third-order valence-corrected chi connectivity index (χ3v) is 8.34. The lowest BCUT2D eigenvalue weighted by molar-refractivity contribution is -0.144. The number of hydrogen-bond acceptors (Lipinski definition) is 13. The van der Waals surface area contributed by atoms with Gasteiger partial charge >= 0.3 is 26.0 Å². The number of nitrogens with one attached hydrogen (secondary N) is 3. The summed E-state index contributed by atoms with van der Waals surface area (Å²) in [5.74, 6) is -1.18. The average molecular weight is 662 g/mol. The summed E-state index contributed by atoms with van der Waals surface area (Å²) in [5.41, 5.74) is -0.0736. The van der Waals surface area contributed by atoms with Crippen molar-refractivity contribution >= 4 is 48.8 Å². The van der Waals surface area contributed by atoms with E-state index < -0.39 is 56.2 Å². The molecule has 0 radical (unpaired) electrons. The zero-order chi connectivity index (χ0) is 32.8. The number of rotatable bonds is 15. The van der Waals surface area contributed by atoms with Crippen molar-refractivity contribution in [2.75, 3.05) is 39.4 Å². The Labute approximate surface area is 260 Å². The second kappa shape index (κ2) is 18.0. The highest BCUT2D eigenvalue weighted by Gasteiger charge is 2.49. The predicted molar refractivity (Wildman–Crippen MR) is 158 cm³/mol. The molecule has 44 heavy (non-hydrogen) atoms. The first-order chi connectivity index (χ1) is 20.8. The molecule has 1 aliphatic rings. The molecule has 0 spiro atoms. The quantitative estimate of drug-likeness (QED) is 0.0817. The van der Waals surface area contributed by atoms with E-state index in [1.54, 1.807) is 27.7 Å². The Hall–Kier alpha value is -3.17. The first-order valence-corrected chi connectivity index (χ1v) is 16.2. The van der Waals surface area contributed by atoms with Crippen LogP contribution in [0.5, 0.6) is 0 Å². The van der Waals surface area contributed by atoms with Gasteiger partial charge in [-0.2, -0.15) is 0 Å². The number of carbonyl (C=O) groups excluding carboxylic acids is 5. The van der Waals surface area contributed by atoms with E-state index in [1.165, 1.54) is 7.11 Å². The van der Waals surface area contributed by atoms with Gasteiger partial charge in [-0.05, 0) is 11.5 Å². The van der Waals surface area contributed by atoms with Gasteiger partial charge in [0.15, 0.2) is 6.10 Å². The van der Waals surface area contributed by atoms with E-state index in [0.29, 0.717) is 0 Å². The van der Waals surface area contributed by atoms with Crippen LogP contribution in [0.1, 0.15) is 39.7 Å². The van der Waals surface area contributed by atoms with E-state index >= 15 is 0 Å². The second-order valence-electron chi connectivity index (χ2n) is 10.5. The summed E-state index contributed by atoms with van der Waals surface area (Å²) < 4.78 is 43.0. The molecular weight excluding hydrogens is 621 g/mol. The topological polar surface area (TPSA) is 194 Å². The molecule has 3 amide bonds. The summed E-state index contributed by atoms with van der Waals surface area (Å²) >= 11 is 0.909. The molecule has 1 aromatic rings. The van der Waals surface area contributed by atoms with Crippen molar-refractivity contribution in [3.05, 3.63) is 35.9 Å². The minimum atomic E-state index is -4.27. The van der Waals surface area contributed by atoms with Gasteiger partial charge < -0.3 is 30.2 Å². The molecule has 1 heterocycles. The Kier molecular flexibility index (Phi) is 15.1. The monoisotopic (exact) mass is 661 g/mol. The summed E-state index contributed by atoms with van der Waals surface area (Å²) in [4.78, 5) is 60.7. The van der Waals surface area contributed by atoms with Crippen LogP contribution in [0.4, 0.5) is 9.59 Å². The van der Waals surface area contributed by atoms with Crippen LogP contribution in [0.2, 0.25) is 0 Å². The number of thioether (sulfide) groups is 1. The lowest BCUT2D eigenvalue weighted by Gasteiger charge is -2.39. The largest absolute Gasteiger partial charge is 0.478 e. The van der Waals surface area contributed by atoms with Crippen LogP contribution in [-0.4, -0.2) is 80.7 Å². The number of phosphoric acid groups is 1. The third-order valence-electron chi connectivity index (χ3n) is 6.06. The number of esters is 1. The van der Waals surface area contributed by atoms with E-state index in [4.69, 9.17) is 23.0 Å². The fourth-order valence-corrected chi connectivity index (χ4v) is 5.98. The molecule has 1 aliphatic heterocycles. The zero-order valence-electron chi connectivity index (χ0n) is 25.3. The summed E-state index contributed by atoms with van der Waals surface area (Å²) in [6.07, 6.45) is -2.95. The number of hydrogen-bond donors (Lipinski definition) is 3. The van der Waals surface area contributed by atoms with Crippen molar-refractivity contribution in [3.8, 4) is 0 Å². The highest BCUT2D eigenvalue weighted by molar-refractivity contribution is 8.13. The molecule has 0 aromatic heterocycles. The smallest absolute Gasteiger partial charge is 0.469 e. The van der Waals surface area contributed by atoms with Crippen LogP contribution < -0.4 is 16.0 Å². The summed E-state index contributed by atoms with van der Waals surface area (Å²) in [6, 6.07) is 8.31. The number of benzene rings is 1. The Bertz CT molecular complexity index is 1180. The summed E-state index contributed by atoms with van der Waals surface area (Å²) in [6.45, 7) is 5.99. The van der Waals surface area contributed by atoms with Crippen molar-refractivity contribution in [2.24, 2.45) is 11.3 Å². The van der Waals surface area contributed by atoms with Crippen molar-refractivity contribution in [1.29, 1.82) is 0 Å². The van der Waals surface area contributed by atoms with Crippen molar-refractivity contribution in [2.45, 2.75) is 52.9 Å². The maximum atomic E-state index is 12.9. The fourth-order valence-electron chi connectivity index (χ4n) is 3.56. The van der Waals surface area contributed by atoms with Gasteiger partial charge in [0.05, 0.1) is 20.1 Å². The van der Waals surface area contributed by atoms with Crippen LogP contribution in [0.3, 0.4) is 0 Å². The standard InChI is InChI=1S/C27H40N3O12PS/c1-18(2)21(30-26(35)38-15-19-9-7-6-8-10-19)24(33)44-14-13-29-25(34)39-17-41-43(36)40-16-27(3,4)22(42-43)23(32)28-12-11-20(31)37-5/h6-10,18,21-22H,11-17H2,1-5H3,(H,28,32)(H,29,34)(H,30,35)/t21?,22-,43?/m0/s1. The van der Waals surface area contributed by atoms with Crippen molar-refractivity contribution in [3.63, 3.8) is 0 Å². The number of alkyl carbamates (subject to hydrolysis) is 2. The van der Waals surface area contributed by atoms with Crippen LogP contribution in [0, 0.1) is 11.3 Å². The van der Waals surface area contributed by atoms with Crippen LogP contribution in [-0.2, 0) is 53.3 Å².